The van der Waals surface area contributed by atoms with Crippen LogP contribution in [0, 0.1) is 4.77 Å². The molecule has 0 aliphatic carbocycles. The summed E-state index contributed by atoms with van der Waals surface area (Å²) in [6.07, 6.45) is 0. The van der Waals surface area contributed by atoms with Gasteiger partial charge in [-0.15, -0.1) is 11.3 Å². The lowest BCUT2D eigenvalue weighted by molar-refractivity contribution is 1.19. The number of thiophene rings is 1. The predicted molar refractivity (Wildman–Crippen MR) is 49.8 cm³/mol. The summed E-state index contributed by atoms with van der Waals surface area (Å²) in [6.45, 7) is 0. The van der Waals surface area contributed by atoms with Crippen LogP contribution in [0.1, 0.15) is 0 Å². The molecule has 2 rings (SSSR count). The first-order chi connectivity index (χ1) is 5.27. The highest BCUT2D eigenvalue weighted by molar-refractivity contribution is 7.71. The van der Waals surface area contributed by atoms with Crippen LogP contribution in [0.3, 0.4) is 0 Å². The van der Waals surface area contributed by atoms with E-state index in [1.165, 1.54) is 0 Å². The van der Waals surface area contributed by atoms with Crippen LogP contribution in [0.25, 0.3) is 10.2 Å². The van der Waals surface area contributed by atoms with Crippen molar-refractivity contribution >= 4 is 45.4 Å². The summed E-state index contributed by atoms with van der Waals surface area (Å²) in [7, 11) is 0. The maximum Gasteiger partial charge on any atom is 0.198 e. The summed E-state index contributed by atoms with van der Waals surface area (Å²) < 4.78 is 1.39. The molecule has 0 saturated carbocycles. The highest BCUT2D eigenvalue weighted by Gasteiger charge is 2.00. The topological polar surface area (TPSA) is 28.7 Å². The number of rotatable bonds is 0. The normalized spacial score (nSPS) is 10.6. The molecule has 56 valence electrons. The number of fused-ring (bicyclic) bond motifs is 1. The zero-order valence-electron chi connectivity index (χ0n) is 5.30. The first-order valence-corrected chi connectivity index (χ1v) is 4.57. The zero-order chi connectivity index (χ0) is 7.84. The van der Waals surface area contributed by atoms with Gasteiger partial charge < -0.3 is 4.98 Å². The second-order valence-corrected chi connectivity index (χ2v) is 3.67. The molecular formula is C6H3ClN2S2. The molecule has 11 heavy (non-hydrogen) atoms. The van der Waals surface area contributed by atoms with Crippen LogP contribution >= 0.6 is 35.2 Å². The van der Waals surface area contributed by atoms with E-state index in [1.54, 1.807) is 11.3 Å². The van der Waals surface area contributed by atoms with Crippen LogP contribution < -0.4 is 0 Å². The highest BCUT2D eigenvalue weighted by atomic mass is 35.5. The molecule has 5 heteroatoms. The SMILES string of the molecule is S=c1nc2ccsc2c(Cl)[nH]1. The first-order valence-electron chi connectivity index (χ1n) is 2.90. The number of aromatic amines is 1. The Hall–Kier alpha value is -0.450. The van der Waals surface area contributed by atoms with Gasteiger partial charge in [-0.25, -0.2) is 4.98 Å². The van der Waals surface area contributed by atoms with Gasteiger partial charge in [-0.3, -0.25) is 0 Å². The molecule has 0 fully saturated rings. The van der Waals surface area contributed by atoms with Crippen LogP contribution in [0.2, 0.25) is 5.15 Å². The average molecular weight is 203 g/mol. The molecule has 0 unspecified atom stereocenters. The summed E-state index contributed by atoms with van der Waals surface area (Å²) in [4.78, 5) is 6.86. The Labute approximate surface area is 76.9 Å². The Balaban J connectivity index is 3.02. The fraction of sp³-hybridized carbons (Fsp3) is 0. The van der Waals surface area contributed by atoms with Crippen molar-refractivity contribution in [2.75, 3.05) is 0 Å². The Morgan fingerprint density at radius 3 is 3.27 bits per heavy atom. The van der Waals surface area contributed by atoms with Crippen molar-refractivity contribution in [3.63, 3.8) is 0 Å². The van der Waals surface area contributed by atoms with Crippen LogP contribution in [-0.4, -0.2) is 9.97 Å². The lowest BCUT2D eigenvalue weighted by Crippen LogP contribution is -1.80. The molecule has 0 aliphatic rings. The highest BCUT2D eigenvalue weighted by Crippen LogP contribution is 2.24. The predicted octanol–water partition coefficient (Wildman–Crippen LogP) is 3.01. The van der Waals surface area contributed by atoms with Gasteiger partial charge in [-0.05, 0) is 23.7 Å². The van der Waals surface area contributed by atoms with Crippen LogP contribution in [0.4, 0.5) is 0 Å². The monoisotopic (exact) mass is 202 g/mol. The average Bonchev–Trinajstić information content (AvgIpc) is 2.34. The molecule has 0 amide bonds. The van der Waals surface area contributed by atoms with Crippen molar-refractivity contribution in [3.8, 4) is 0 Å². The minimum atomic E-state index is 0.431. The molecule has 0 bridgehead atoms. The number of hydrogen-bond donors (Lipinski definition) is 1. The molecule has 0 aliphatic heterocycles. The van der Waals surface area contributed by atoms with Crippen molar-refractivity contribution in [2.24, 2.45) is 0 Å². The molecule has 0 atom stereocenters. The molecule has 0 saturated heterocycles. The van der Waals surface area contributed by atoms with E-state index in [0.29, 0.717) is 9.92 Å². The minimum Gasteiger partial charge on any atom is -0.320 e. The van der Waals surface area contributed by atoms with E-state index in [1.807, 2.05) is 11.4 Å². The van der Waals surface area contributed by atoms with Gasteiger partial charge in [0.2, 0.25) is 0 Å². The first kappa shape index (κ1) is 7.21. The summed E-state index contributed by atoms with van der Waals surface area (Å²) in [6, 6.07) is 1.90. The van der Waals surface area contributed by atoms with E-state index in [0.717, 1.165) is 10.2 Å². The summed E-state index contributed by atoms with van der Waals surface area (Å²) in [5.74, 6) is 0. The van der Waals surface area contributed by atoms with Gasteiger partial charge in [0.15, 0.2) is 4.77 Å². The molecule has 2 nitrogen and oxygen atoms in total. The zero-order valence-corrected chi connectivity index (χ0v) is 7.69. The van der Waals surface area contributed by atoms with E-state index < -0.39 is 0 Å². The van der Waals surface area contributed by atoms with Gasteiger partial charge in [0, 0.05) is 0 Å². The van der Waals surface area contributed by atoms with Crippen molar-refractivity contribution < 1.29 is 0 Å². The van der Waals surface area contributed by atoms with Crippen LogP contribution in [0.5, 0.6) is 0 Å². The van der Waals surface area contributed by atoms with Gasteiger partial charge in [0.25, 0.3) is 0 Å². The fourth-order valence-electron chi connectivity index (χ4n) is 0.843. The maximum absolute atomic E-state index is 5.85. The van der Waals surface area contributed by atoms with Crippen LogP contribution in [0.15, 0.2) is 11.4 Å². The Morgan fingerprint density at radius 2 is 2.45 bits per heavy atom. The number of H-pyrrole nitrogens is 1. The quantitative estimate of drug-likeness (QED) is 0.526. The molecule has 1 N–H and O–H groups in total. The van der Waals surface area contributed by atoms with Gasteiger partial charge in [-0.1, -0.05) is 11.6 Å². The van der Waals surface area contributed by atoms with Gasteiger partial charge >= 0.3 is 0 Å². The number of aromatic nitrogens is 2. The van der Waals surface area contributed by atoms with Crippen molar-refractivity contribution in [1.82, 2.24) is 9.97 Å². The Kier molecular flexibility index (Phi) is 1.67. The fourth-order valence-corrected chi connectivity index (χ4v) is 2.14. The largest absolute Gasteiger partial charge is 0.320 e. The Bertz CT molecular complexity index is 445. The third-order valence-electron chi connectivity index (χ3n) is 1.28. The van der Waals surface area contributed by atoms with Crippen molar-refractivity contribution in [1.29, 1.82) is 0 Å². The van der Waals surface area contributed by atoms with E-state index in [4.69, 9.17) is 23.8 Å². The second kappa shape index (κ2) is 2.55. The van der Waals surface area contributed by atoms with Gasteiger partial charge in [0.1, 0.15) is 5.15 Å². The summed E-state index contributed by atoms with van der Waals surface area (Å²) in [5, 5.41) is 2.52. The van der Waals surface area contributed by atoms with Crippen molar-refractivity contribution in [2.45, 2.75) is 0 Å². The number of hydrogen-bond acceptors (Lipinski definition) is 3. The lowest BCUT2D eigenvalue weighted by Gasteiger charge is -1.91. The lowest BCUT2D eigenvalue weighted by atomic mass is 10.5. The molecule has 0 radical (unpaired) electrons. The molecule has 2 aromatic rings. The standard InChI is InChI=1S/C6H3ClN2S2/c7-5-4-3(1-2-11-4)8-6(10)9-5/h1-2H,(H,8,9,10). The van der Waals surface area contributed by atoms with Gasteiger partial charge in [0.05, 0.1) is 10.2 Å². The van der Waals surface area contributed by atoms with E-state index in [-0.39, 0.29) is 0 Å². The minimum absolute atomic E-state index is 0.431. The molecule has 0 aromatic carbocycles. The molecule has 2 heterocycles. The van der Waals surface area contributed by atoms with E-state index >= 15 is 0 Å². The summed E-state index contributed by atoms with van der Waals surface area (Å²) in [5.41, 5.74) is 0.865. The third kappa shape index (κ3) is 1.17. The molecular weight excluding hydrogens is 200 g/mol. The third-order valence-corrected chi connectivity index (χ3v) is 2.79. The van der Waals surface area contributed by atoms with Crippen molar-refractivity contribution in [3.05, 3.63) is 21.4 Å². The smallest absolute Gasteiger partial charge is 0.198 e. The van der Waals surface area contributed by atoms with Gasteiger partial charge in [-0.2, -0.15) is 0 Å². The number of nitrogens with one attached hydrogen (secondary N) is 1. The summed E-state index contributed by atoms with van der Waals surface area (Å²) >= 11 is 12.2. The molecule has 0 spiro atoms. The van der Waals surface area contributed by atoms with Crippen LogP contribution in [-0.2, 0) is 0 Å². The van der Waals surface area contributed by atoms with E-state index in [2.05, 4.69) is 9.97 Å². The molecule has 2 aromatic heterocycles. The number of nitrogens with zero attached hydrogens (tertiary/aromatic N) is 1. The Morgan fingerprint density at radius 1 is 1.64 bits per heavy atom. The second-order valence-electron chi connectivity index (χ2n) is 1.99. The van der Waals surface area contributed by atoms with E-state index in [9.17, 15) is 0 Å². The number of halogens is 1. The maximum atomic E-state index is 5.85.